The summed E-state index contributed by atoms with van der Waals surface area (Å²) in [5.41, 5.74) is 0.666. The van der Waals surface area contributed by atoms with Gasteiger partial charge in [0.2, 0.25) is 5.91 Å². The van der Waals surface area contributed by atoms with Crippen molar-refractivity contribution in [2.24, 2.45) is 5.92 Å². The van der Waals surface area contributed by atoms with Gasteiger partial charge in [-0.3, -0.25) is 4.79 Å². The Morgan fingerprint density at radius 1 is 1.44 bits per heavy atom. The Balaban J connectivity index is 2.42. The number of carbonyl (C=O) groups excluding carboxylic acids is 1. The number of carbonyl (C=O) groups is 1. The quantitative estimate of drug-likeness (QED) is 0.740. The molecule has 5 heteroatoms. The summed E-state index contributed by atoms with van der Waals surface area (Å²) in [6, 6.07) is 6.91. The predicted octanol–water partition coefficient (Wildman–Crippen LogP) is 1.88. The number of hydrogen-bond donors (Lipinski definition) is 3. The van der Waals surface area contributed by atoms with Gasteiger partial charge in [-0.2, -0.15) is 0 Å². The fourth-order valence-corrected chi connectivity index (χ4v) is 1.70. The van der Waals surface area contributed by atoms with Crippen LogP contribution >= 0.6 is 11.6 Å². The third-order valence-electron chi connectivity index (χ3n) is 2.63. The second kappa shape index (κ2) is 7.36. The molecule has 0 aliphatic heterocycles. The molecule has 0 bridgehead atoms. The fourth-order valence-electron chi connectivity index (χ4n) is 1.51. The number of hydrogen-bond acceptors (Lipinski definition) is 3. The molecule has 100 valence electrons. The van der Waals surface area contributed by atoms with Crippen LogP contribution in [0.2, 0.25) is 5.02 Å². The summed E-state index contributed by atoms with van der Waals surface area (Å²) < 4.78 is 0. The van der Waals surface area contributed by atoms with Crippen molar-refractivity contribution in [2.45, 2.75) is 19.9 Å². The third kappa shape index (κ3) is 5.04. The summed E-state index contributed by atoms with van der Waals surface area (Å²) in [5, 5.41) is 15.4. The number of aliphatic hydroxyl groups excluding tert-OH is 1. The van der Waals surface area contributed by atoms with Crippen LogP contribution in [0.5, 0.6) is 0 Å². The molecule has 0 saturated carbocycles. The predicted molar refractivity (Wildman–Crippen MR) is 73.8 cm³/mol. The number of anilines is 1. The molecular formula is C13H19ClN2O2. The van der Waals surface area contributed by atoms with Gasteiger partial charge in [-0.05, 0) is 24.1 Å². The molecule has 0 spiro atoms. The van der Waals surface area contributed by atoms with Gasteiger partial charge in [-0.1, -0.05) is 31.5 Å². The minimum absolute atomic E-state index is 0.0160. The first kappa shape index (κ1) is 15.0. The average molecular weight is 271 g/mol. The summed E-state index contributed by atoms with van der Waals surface area (Å²) in [4.78, 5) is 11.7. The van der Waals surface area contributed by atoms with Gasteiger partial charge < -0.3 is 15.7 Å². The lowest BCUT2D eigenvalue weighted by Gasteiger charge is -2.19. The molecule has 0 aliphatic rings. The zero-order valence-corrected chi connectivity index (χ0v) is 11.4. The number of benzene rings is 1. The van der Waals surface area contributed by atoms with Crippen molar-refractivity contribution in [1.29, 1.82) is 0 Å². The normalized spacial score (nSPS) is 12.5. The first-order valence-corrected chi connectivity index (χ1v) is 6.30. The molecule has 4 nitrogen and oxygen atoms in total. The number of nitrogens with one attached hydrogen (secondary N) is 2. The molecule has 0 unspecified atom stereocenters. The molecular weight excluding hydrogens is 252 g/mol. The summed E-state index contributed by atoms with van der Waals surface area (Å²) in [6.07, 6.45) is 0. The molecule has 0 radical (unpaired) electrons. The molecule has 0 saturated heterocycles. The molecule has 1 atom stereocenters. The van der Waals surface area contributed by atoms with Crippen LogP contribution in [0.25, 0.3) is 0 Å². The minimum atomic E-state index is -0.156. The number of halogens is 1. The van der Waals surface area contributed by atoms with E-state index >= 15 is 0 Å². The zero-order valence-electron chi connectivity index (χ0n) is 10.6. The van der Waals surface area contributed by atoms with Crippen LogP contribution in [0.4, 0.5) is 5.69 Å². The van der Waals surface area contributed by atoms with Crippen LogP contribution in [0, 0.1) is 5.92 Å². The highest BCUT2D eigenvalue weighted by Gasteiger charge is 2.12. The van der Waals surface area contributed by atoms with Crippen molar-refractivity contribution < 1.29 is 9.90 Å². The summed E-state index contributed by atoms with van der Waals surface area (Å²) >= 11 is 5.82. The Labute approximate surface area is 112 Å². The van der Waals surface area contributed by atoms with Gasteiger partial charge in [0.15, 0.2) is 0 Å². The number of amides is 1. The van der Waals surface area contributed by atoms with Crippen LogP contribution in [0.3, 0.4) is 0 Å². The number of rotatable bonds is 6. The monoisotopic (exact) mass is 270 g/mol. The summed E-state index contributed by atoms with van der Waals surface area (Å²) in [7, 11) is 0. The van der Waals surface area contributed by atoms with E-state index in [1.807, 2.05) is 13.8 Å². The molecule has 0 aromatic heterocycles. The van der Waals surface area contributed by atoms with Crippen LogP contribution in [-0.2, 0) is 4.79 Å². The Morgan fingerprint density at radius 2 is 2.17 bits per heavy atom. The van der Waals surface area contributed by atoms with E-state index in [0.29, 0.717) is 10.7 Å². The van der Waals surface area contributed by atoms with Crippen LogP contribution in [0.1, 0.15) is 13.8 Å². The van der Waals surface area contributed by atoms with E-state index in [9.17, 15) is 4.79 Å². The highest BCUT2D eigenvalue weighted by Crippen LogP contribution is 2.14. The SMILES string of the molecule is CC(C)[C@@H](CO)NCC(=O)Nc1cccc(Cl)c1. The summed E-state index contributed by atoms with van der Waals surface area (Å²) in [6.45, 7) is 4.16. The van der Waals surface area contributed by atoms with E-state index in [-0.39, 0.29) is 31.0 Å². The maximum absolute atomic E-state index is 11.7. The second-order valence-corrected chi connectivity index (χ2v) is 4.91. The molecule has 0 fully saturated rings. The maximum Gasteiger partial charge on any atom is 0.238 e. The molecule has 0 aliphatic carbocycles. The standard InChI is InChI=1S/C13H19ClN2O2/c1-9(2)12(8-17)15-7-13(18)16-11-5-3-4-10(14)6-11/h3-6,9,12,15,17H,7-8H2,1-2H3,(H,16,18)/t12-/m1/s1. The van der Waals surface area contributed by atoms with Gasteiger partial charge in [0.25, 0.3) is 0 Å². The lowest BCUT2D eigenvalue weighted by molar-refractivity contribution is -0.115. The van der Waals surface area contributed by atoms with Gasteiger partial charge in [-0.25, -0.2) is 0 Å². The van der Waals surface area contributed by atoms with Crippen LogP contribution in [0.15, 0.2) is 24.3 Å². The van der Waals surface area contributed by atoms with E-state index in [1.54, 1.807) is 24.3 Å². The summed E-state index contributed by atoms with van der Waals surface area (Å²) in [5.74, 6) is 0.116. The van der Waals surface area contributed by atoms with Crippen LogP contribution < -0.4 is 10.6 Å². The highest BCUT2D eigenvalue weighted by atomic mass is 35.5. The van der Waals surface area contributed by atoms with E-state index in [0.717, 1.165) is 0 Å². The Hall–Kier alpha value is -1.10. The lowest BCUT2D eigenvalue weighted by atomic mass is 10.1. The van der Waals surface area contributed by atoms with E-state index < -0.39 is 0 Å². The fraction of sp³-hybridized carbons (Fsp3) is 0.462. The van der Waals surface area contributed by atoms with Gasteiger partial charge >= 0.3 is 0 Å². The molecule has 1 aromatic carbocycles. The van der Waals surface area contributed by atoms with Crippen molar-refractivity contribution in [3.8, 4) is 0 Å². The maximum atomic E-state index is 11.7. The van der Waals surface area contributed by atoms with E-state index in [4.69, 9.17) is 16.7 Å². The van der Waals surface area contributed by atoms with E-state index in [1.165, 1.54) is 0 Å². The van der Waals surface area contributed by atoms with Gasteiger partial charge in [0.05, 0.1) is 13.2 Å². The van der Waals surface area contributed by atoms with Gasteiger partial charge in [0, 0.05) is 16.8 Å². The smallest absolute Gasteiger partial charge is 0.238 e. The molecule has 3 N–H and O–H groups in total. The van der Waals surface area contributed by atoms with Crippen LogP contribution in [-0.4, -0.2) is 30.2 Å². The van der Waals surface area contributed by atoms with Crippen molar-refractivity contribution in [3.05, 3.63) is 29.3 Å². The Bertz CT molecular complexity index is 396. The average Bonchev–Trinajstić information content (AvgIpc) is 2.29. The number of aliphatic hydroxyl groups is 1. The Morgan fingerprint density at radius 3 is 2.72 bits per heavy atom. The molecule has 18 heavy (non-hydrogen) atoms. The molecule has 1 amide bonds. The first-order valence-electron chi connectivity index (χ1n) is 5.92. The van der Waals surface area contributed by atoms with Gasteiger partial charge in [0.1, 0.15) is 0 Å². The van der Waals surface area contributed by atoms with E-state index in [2.05, 4.69) is 10.6 Å². The largest absolute Gasteiger partial charge is 0.395 e. The van der Waals surface area contributed by atoms with Crippen molar-refractivity contribution >= 4 is 23.2 Å². The van der Waals surface area contributed by atoms with Crippen molar-refractivity contribution in [1.82, 2.24) is 5.32 Å². The van der Waals surface area contributed by atoms with Crippen molar-refractivity contribution in [2.75, 3.05) is 18.5 Å². The second-order valence-electron chi connectivity index (χ2n) is 4.47. The Kier molecular flexibility index (Phi) is 6.12. The molecule has 1 aromatic rings. The third-order valence-corrected chi connectivity index (χ3v) is 2.87. The zero-order chi connectivity index (χ0) is 13.5. The first-order chi connectivity index (χ1) is 8.52. The van der Waals surface area contributed by atoms with Gasteiger partial charge in [-0.15, -0.1) is 0 Å². The van der Waals surface area contributed by atoms with Crippen molar-refractivity contribution in [3.63, 3.8) is 0 Å². The topological polar surface area (TPSA) is 61.4 Å². The molecule has 0 heterocycles. The highest BCUT2D eigenvalue weighted by molar-refractivity contribution is 6.30. The minimum Gasteiger partial charge on any atom is -0.395 e. The molecule has 1 rings (SSSR count). The lowest BCUT2D eigenvalue weighted by Crippen LogP contribution is -2.41.